The topological polar surface area (TPSA) is 70.5 Å². The van der Waals surface area contributed by atoms with Crippen LogP contribution in [0.5, 0.6) is 0 Å². The maximum absolute atomic E-state index is 11.9. The van der Waals surface area contributed by atoms with E-state index in [0.29, 0.717) is 18.1 Å². The highest BCUT2D eigenvalue weighted by Gasteiger charge is 2.27. The predicted molar refractivity (Wildman–Crippen MR) is 103 cm³/mol. The van der Waals surface area contributed by atoms with Gasteiger partial charge in [-0.05, 0) is 35.4 Å². The number of carbonyl (C=O) groups excluding carboxylic acids is 1. The van der Waals surface area contributed by atoms with Gasteiger partial charge in [-0.25, -0.2) is 4.99 Å². The number of amidine groups is 1. The molecule has 25 heavy (non-hydrogen) atoms. The average molecular weight is 349 g/mol. The first-order chi connectivity index (χ1) is 12.1. The fourth-order valence-electron chi connectivity index (χ4n) is 3.04. The van der Waals surface area contributed by atoms with Gasteiger partial charge in [-0.2, -0.15) is 4.58 Å². The third kappa shape index (κ3) is 2.51. The Kier molecular flexibility index (Phi) is 3.62. The van der Waals surface area contributed by atoms with Crippen LogP contribution in [-0.4, -0.2) is 36.8 Å². The summed E-state index contributed by atoms with van der Waals surface area (Å²) >= 11 is 1.62. The SMILES string of the molecule is C=[N+]1CN=C(N)c2sc3cc(-c4cccc(C(=O)NC)c4)ccc3c21. The Morgan fingerprint density at radius 3 is 2.88 bits per heavy atom. The molecule has 0 saturated heterocycles. The highest BCUT2D eigenvalue weighted by Crippen LogP contribution is 2.40. The molecule has 1 aliphatic rings. The zero-order valence-electron chi connectivity index (χ0n) is 13.7. The van der Waals surface area contributed by atoms with Gasteiger partial charge >= 0.3 is 0 Å². The number of aliphatic imine (C=N–C) groups is 1. The van der Waals surface area contributed by atoms with Gasteiger partial charge in [-0.15, -0.1) is 11.3 Å². The van der Waals surface area contributed by atoms with Crippen molar-refractivity contribution in [3.63, 3.8) is 0 Å². The van der Waals surface area contributed by atoms with Crippen LogP contribution in [0.2, 0.25) is 0 Å². The van der Waals surface area contributed by atoms with E-state index < -0.39 is 0 Å². The van der Waals surface area contributed by atoms with E-state index >= 15 is 0 Å². The number of amides is 1. The molecule has 6 heteroatoms. The lowest BCUT2D eigenvalue weighted by Gasteiger charge is -2.07. The van der Waals surface area contributed by atoms with Crippen molar-refractivity contribution in [3.8, 4) is 11.1 Å². The van der Waals surface area contributed by atoms with Gasteiger partial charge < -0.3 is 11.1 Å². The zero-order chi connectivity index (χ0) is 17.6. The van der Waals surface area contributed by atoms with Gasteiger partial charge in [-0.3, -0.25) is 4.79 Å². The van der Waals surface area contributed by atoms with E-state index in [2.05, 4.69) is 35.2 Å². The smallest absolute Gasteiger partial charge is 0.251 e. The lowest BCUT2D eigenvalue weighted by Crippen LogP contribution is -2.21. The predicted octanol–water partition coefficient (Wildman–Crippen LogP) is 2.95. The van der Waals surface area contributed by atoms with Gasteiger partial charge in [0.25, 0.3) is 5.91 Å². The molecule has 0 saturated carbocycles. The van der Waals surface area contributed by atoms with Crippen LogP contribution in [0.3, 0.4) is 0 Å². The molecule has 0 radical (unpaired) electrons. The Bertz CT molecular complexity index is 1060. The molecule has 5 nitrogen and oxygen atoms in total. The lowest BCUT2D eigenvalue weighted by molar-refractivity contribution is -0.428. The van der Waals surface area contributed by atoms with Crippen molar-refractivity contribution in [2.45, 2.75) is 0 Å². The van der Waals surface area contributed by atoms with E-state index in [1.165, 1.54) is 0 Å². The van der Waals surface area contributed by atoms with Crippen molar-refractivity contribution in [3.05, 3.63) is 52.9 Å². The second kappa shape index (κ2) is 5.82. The number of fused-ring (bicyclic) bond motifs is 3. The molecule has 0 atom stereocenters. The Labute approximate surface area is 149 Å². The first-order valence-electron chi connectivity index (χ1n) is 7.86. The normalized spacial score (nSPS) is 13.5. The van der Waals surface area contributed by atoms with E-state index in [4.69, 9.17) is 5.73 Å². The minimum Gasteiger partial charge on any atom is -0.382 e. The quantitative estimate of drug-likeness (QED) is 0.698. The van der Waals surface area contributed by atoms with Crippen molar-refractivity contribution in [2.24, 2.45) is 10.7 Å². The Morgan fingerprint density at radius 2 is 2.08 bits per heavy atom. The highest BCUT2D eigenvalue weighted by molar-refractivity contribution is 7.21. The molecule has 0 bridgehead atoms. The first kappa shape index (κ1) is 15.5. The highest BCUT2D eigenvalue weighted by atomic mass is 32.1. The van der Waals surface area contributed by atoms with Crippen LogP contribution in [0.15, 0.2) is 47.5 Å². The summed E-state index contributed by atoms with van der Waals surface area (Å²) in [4.78, 5) is 17.1. The molecule has 3 N–H and O–H groups in total. The molecule has 3 aromatic rings. The number of hydrogen-bond acceptors (Lipinski definition) is 4. The standard InChI is InChI=1S/C19H16N4OS/c1-21-19(24)13-5-3-4-11(8-13)12-6-7-14-15(9-12)25-17-16(14)23(2)10-22-18(17)20/h3-9H,2,10H2,1H3,(H2-,20,21,22,24)/p+1. The van der Waals surface area contributed by atoms with Crippen LogP contribution in [0, 0.1) is 0 Å². The summed E-state index contributed by atoms with van der Waals surface area (Å²) in [6, 6.07) is 13.9. The fraction of sp³-hybridized carbons (Fsp3) is 0.105. The molecule has 0 fully saturated rings. The van der Waals surface area contributed by atoms with Crippen molar-refractivity contribution in [1.29, 1.82) is 0 Å². The van der Waals surface area contributed by atoms with E-state index in [1.807, 2.05) is 28.8 Å². The monoisotopic (exact) mass is 349 g/mol. The second-order valence-electron chi connectivity index (χ2n) is 5.88. The molecule has 124 valence electrons. The Morgan fingerprint density at radius 1 is 1.28 bits per heavy atom. The van der Waals surface area contributed by atoms with Gasteiger partial charge in [-0.1, -0.05) is 18.2 Å². The van der Waals surface area contributed by atoms with Crippen molar-refractivity contribution in [2.75, 3.05) is 13.7 Å². The number of benzene rings is 2. The van der Waals surface area contributed by atoms with Crippen LogP contribution in [-0.2, 0) is 0 Å². The van der Waals surface area contributed by atoms with Crippen LogP contribution < -0.4 is 11.1 Å². The van der Waals surface area contributed by atoms with E-state index in [1.54, 1.807) is 18.4 Å². The molecule has 4 rings (SSSR count). The fourth-order valence-corrected chi connectivity index (χ4v) is 4.22. The van der Waals surface area contributed by atoms with Gasteiger partial charge in [0, 0.05) is 17.3 Å². The molecule has 2 heterocycles. The lowest BCUT2D eigenvalue weighted by atomic mass is 10.0. The maximum atomic E-state index is 11.9. The van der Waals surface area contributed by atoms with Gasteiger partial charge in [0.1, 0.15) is 17.4 Å². The summed E-state index contributed by atoms with van der Waals surface area (Å²) in [5.41, 5.74) is 9.80. The van der Waals surface area contributed by atoms with Crippen LogP contribution in [0.1, 0.15) is 15.2 Å². The van der Waals surface area contributed by atoms with Gasteiger partial charge in [0.15, 0.2) is 0 Å². The van der Waals surface area contributed by atoms with Crippen molar-refractivity contribution in [1.82, 2.24) is 5.32 Å². The largest absolute Gasteiger partial charge is 0.382 e. The molecule has 1 amide bonds. The number of thiophene rings is 1. The maximum Gasteiger partial charge on any atom is 0.251 e. The van der Waals surface area contributed by atoms with Crippen molar-refractivity contribution < 1.29 is 9.37 Å². The zero-order valence-corrected chi connectivity index (χ0v) is 14.6. The number of nitrogens with one attached hydrogen (secondary N) is 1. The minimum atomic E-state index is -0.0915. The Balaban J connectivity index is 1.85. The molecular formula is C19H17N4OS+. The summed E-state index contributed by atoms with van der Waals surface area (Å²) in [6.07, 6.45) is 0. The van der Waals surface area contributed by atoms with Crippen LogP contribution >= 0.6 is 11.3 Å². The molecule has 1 aromatic heterocycles. The van der Waals surface area contributed by atoms with E-state index in [9.17, 15) is 4.79 Å². The van der Waals surface area contributed by atoms with Gasteiger partial charge in [0.2, 0.25) is 12.4 Å². The number of nitrogens with zero attached hydrogens (tertiary/aromatic N) is 2. The molecule has 0 unspecified atom stereocenters. The summed E-state index contributed by atoms with van der Waals surface area (Å²) in [5, 5.41) is 3.78. The summed E-state index contributed by atoms with van der Waals surface area (Å²) in [6.45, 7) is 4.52. The Hall–Kier alpha value is -2.99. The third-order valence-electron chi connectivity index (χ3n) is 4.31. The van der Waals surface area contributed by atoms with E-state index in [0.717, 1.165) is 31.8 Å². The summed E-state index contributed by atoms with van der Waals surface area (Å²) in [7, 11) is 1.63. The number of rotatable bonds is 2. The number of hydrogen-bond donors (Lipinski definition) is 2. The first-order valence-corrected chi connectivity index (χ1v) is 8.67. The summed E-state index contributed by atoms with van der Waals surface area (Å²) in [5.74, 6) is 0.477. The molecular weight excluding hydrogens is 332 g/mol. The van der Waals surface area contributed by atoms with Crippen molar-refractivity contribution >= 4 is 45.6 Å². The number of carbonyl (C=O) groups is 1. The van der Waals surface area contributed by atoms with Gasteiger partial charge in [0.05, 0.1) is 5.39 Å². The molecule has 0 spiro atoms. The molecule has 2 aromatic carbocycles. The second-order valence-corrected chi connectivity index (χ2v) is 6.93. The number of nitrogens with two attached hydrogens (primary N) is 1. The minimum absolute atomic E-state index is 0.0915. The summed E-state index contributed by atoms with van der Waals surface area (Å²) < 4.78 is 3.00. The van der Waals surface area contributed by atoms with Crippen LogP contribution in [0.4, 0.5) is 5.69 Å². The molecule has 1 aliphatic heterocycles. The van der Waals surface area contributed by atoms with E-state index in [-0.39, 0.29) is 5.91 Å². The third-order valence-corrected chi connectivity index (χ3v) is 5.47. The molecule has 0 aliphatic carbocycles. The van der Waals surface area contributed by atoms with Crippen LogP contribution in [0.25, 0.3) is 21.2 Å². The average Bonchev–Trinajstić information content (AvgIpc) is 3.04.